The van der Waals surface area contributed by atoms with E-state index in [-0.39, 0.29) is 24.6 Å². The largest absolute Gasteiger partial charge is 0.352 e. The van der Waals surface area contributed by atoms with E-state index in [1.165, 1.54) is 0 Å². The van der Waals surface area contributed by atoms with Crippen molar-refractivity contribution in [1.82, 2.24) is 20.5 Å². The van der Waals surface area contributed by atoms with E-state index in [0.29, 0.717) is 11.1 Å². The van der Waals surface area contributed by atoms with Gasteiger partial charge in [-0.15, -0.1) is 0 Å². The molecule has 176 valence electrons. The van der Waals surface area contributed by atoms with Crippen LogP contribution in [0.3, 0.4) is 0 Å². The molecule has 1 aliphatic rings. The van der Waals surface area contributed by atoms with Crippen molar-refractivity contribution in [2.24, 2.45) is 5.73 Å². The molecule has 1 fully saturated rings. The average molecular weight is 459 g/mol. The van der Waals surface area contributed by atoms with Gasteiger partial charge in [0.1, 0.15) is 12.2 Å². The number of alkyl halides is 1. The minimum atomic E-state index is -1.39. The van der Waals surface area contributed by atoms with Gasteiger partial charge >= 0.3 is 6.03 Å². The van der Waals surface area contributed by atoms with Gasteiger partial charge in [0.2, 0.25) is 17.8 Å². The van der Waals surface area contributed by atoms with Crippen LogP contribution in [0.25, 0.3) is 0 Å². The summed E-state index contributed by atoms with van der Waals surface area (Å²) in [6, 6.07) is 9.32. The van der Waals surface area contributed by atoms with Crippen LogP contribution in [0.4, 0.5) is 13.6 Å². The lowest BCUT2D eigenvalue weighted by Crippen LogP contribution is -2.50. The van der Waals surface area contributed by atoms with Crippen molar-refractivity contribution >= 4 is 17.8 Å². The summed E-state index contributed by atoms with van der Waals surface area (Å²) in [6.45, 7) is 2.98. The number of carbonyl (C=O) groups excluding carboxylic acids is 3. The predicted molar refractivity (Wildman–Crippen MR) is 117 cm³/mol. The maximum absolute atomic E-state index is 14.6. The minimum absolute atomic E-state index is 0.0649. The number of nitrogens with zero attached hydrogens (tertiary/aromatic N) is 2. The molecule has 0 bridgehead atoms. The molecule has 2 heterocycles. The Morgan fingerprint density at radius 3 is 2.48 bits per heavy atom. The maximum atomic E-state index is 14.6. The van der Waals surface area contributed by atoms with Crippen molar-refractivity contribution < 1.29 is 23.2 Å². The lowest BCUT2D eigenvalue weighted by Gasteiger charge is -2.26. The van der Waals surface area contributed by atoms with Crippen LogP contribution in [0.5, 0.6) is 0 Å². The van der Waals surface area contributed by atoms with E-state index in [1.807, 2.05) is 13.8 Å². The van der Waals surface area contributed by atoms with E-state index in [0.717, 1.165) is 4.90 Å². The van der Waals surface area contributed by atoms with Crippen molar-refractivity contribution in [2.75, 3.05) is 13.1 Å². The Balaban J connectivity index is 1.86. The smallest absolute Gasteiger partial charge is 0.312 e. The number of nitrogens with one attached hydrogen (secondary N) is 2. The molecular formula is C23H27F2N5O3. The Bertz CT molecular complexity index is 1020. The third kappa shape index (κ3) is 5.82. The van der Waals surface area contributed by atoms with E-state index >= 15 is 0 Å². The molecule has 3 atom stereocenters. The van der Waals surface area contributed by atoms with E-state index in [2.05, 4.69) is 15.6 Å². The molecule has 4 amide bonds. The molecule has 3 rings (SSSR count). The fraction of sp³-hybridized carbons (Fsp3) is 0.391. The number of carbonyl (C=O) groups is 3. The number of primary amides is 1. The fourth-order valence-electron chi connectivity index (χ4n) is 3.84. The first-order valence-electron chi connectivity index (χ1n) is 10.7. The van der Waals surface area contributed by atoms with Gasteiger partial charge in [-0.05, 0) is 17.5 Å². The molecule has 8 nitrogen and oxygen atoms in total. The van der Waals surface area contributed by atoms with Gasteiger partial charge in [0.15, 0.2) is 0 Å². The van der Waals surface area contributed by atoms with Crippen LogP contribution in [-0.4, -0.2) is 53.0 Å². The van der Waals surface area contributed by atoms with Crippen molar-refractivity contribution in [3.8, 4) is 0 Å². The third-order valence-electron chi connectivity index (χ3n) is 5.52. The first-order chi connectivity index (χ1) is 15.7. The number of amides is 4. The third-order valence-corrected chi connectivity index (χ3v) is 5.52. The molecule has 4 N–H and O–H groups in total. The van der Waals surface area contributed by atoms with Gasteiger partial charge in [0.05, 0.1) is 24.8 Å². The number of nitrogens with two attached hydrogens (primary N) is 1. The van der Waals surface area contributed by atoms with Crippen molar-refractivity contribution in [2.45, 2.75) is 44.4 Å². The Kier molecular flexibility index (Phi) is 7.57. The van der Waals surface area contributed by atoms with Gasteiger partial charge in [-0.1, -0.05) is 50.2 Å². The van der Waals surface area contributed by atoms with Crippen LogP contribution >= 0.6 is 0 Å². The highest BCUT2D eigenvalue weighted by Crippen LogP contribution is 2.26. The minimum Gasteiger partial charge on any atom is -0.352 e. The Hall–Kier alpha value is -3.56. The zero-order chi connectivity index (χ0) is 24.1. The molecule has 0 radical (unpaired) electrons. The molecule has 0 saturated carbocycles. The second-order valence-corrected chi connectivity index (χ2v) is 8.24. The topological polar surface area (TPSA) is 117 Å². The van der Waals surface area contributed by atoms with Crippen LogP contribution in [-0.2, 0) is 9.59 Å². The molecule has 1 aromatic heterocycles. The number of urea groups is 1. The number of hydrogen-bond donors (Lipinski definition) is 3. The summed E-state index contributed by atoms with van der Waals surface area (Å²) in [5.74, 6) is -1.93. The van der Waals surface area contributed by atoms with E-state index < -0.39 is 48.6 Å². The van der Waals surface area contributed by atoms with Crippen LogP contribution in [0, 0.1) is 5.95 Å². The Morgan fingerprint density at radius 2 is 1.88 bits per heavy atom. The summed E-state index contributed by atoms with van der Waals surface area (Å²) < 4.78 is 28.8. The fourth-order valence-corrected chi connectivity index (χ4v) is 3.84. The van der Waals surface area contributed by atoms with E-state index in [1.54, 1.807) is 42.5 Å². The number of benzene rings is 1. The molecule has 1 saturated heterocycles. The Labute approximate surface area is 190 Å². The van der Waals surface area contributed by atoms with Gasteiger partial charge in [0.25, 0.3) is 0 Å². The summed E-state index contributed by atoms with van der Waals surface area (Å²) in [4.78, 5) is 41.6. The molecule has 0 spiro atoms. The lowest BCUT2D eigenvalue weighted by molar-refractivity contribution is -0.137. The van der Waals surface area contributed by atoms with Crippen LogP contribution in [0.15, 0.2) is 42.5 Å². The molecule has 1 aromatic carbocycles. The second-order valence-electron chi connectivity index (χ2n) is 8.24. The normalized spacial score (nSPS) is 18.8. The van der Waals surface area contributed by atoms with Gasteiger partial charge < -0.3 is 21.3 Å². The first kappa shape index (κ1) is 24.1. The monoisotopic (exact) mass is 459 g/mol. The molecule has 2 aromatic rings. The molecule has 0 aliphatic carbocycles. The summed E-state index contributed by atoms with van der Waals surface area (Å²) in [6.07, 6.45) is -1.58. The molecule has 10 heteroatoms. The summed E-state index contributed by atoms with van der Waals surface area (Å²) in [5.41, 5.74) is 6.36. The van der Waals surface area contributed by atoms with Crippen molar-refractivity contribution in [3.05, 3.63) is 65.2 Å². The number of rotatable bonds is 7. The van der Waals surface area contributed by atoms with Crippen LogP contribution in [0.2, 0.25) is 0 Å². The molecule has 0 unspecified atom stereocenters. The highest BCUT2D eigenvalue weighted by Gasteiger charge is 2.40. The number of halogens is 2. The average Bonchev–Trinajstić information content (AvgIpc) is 3.17. The number of hydrogen-bond acceptors (Lipinski definition) is 4. The standard InChI is InChI=1S/C23H27F2N5O3/c1-13(2)16-8-9-17(28-21(16)25)20(14-6-4-3-5-7-14)29-22(32)18-10-15(24)12-30(18)19(31)11-27-23(26)33/h3-9,13,15,18,20H,10-12H2,1-2H3,(H,29,32)(H3,26,27,33)/t15-,18+,20+/m1/s1. The SMILES string of the molecule is CC(C)c1ccc([C@@H](NC(=O)[C@@H]2C[C@@H](F)CN2C(=O)CNC(N)=O)c2ccccc2)nc1F. The predicted octanol–water partition coefficient (Wildman–Crippen LogP) is 2.16. The van der Waals surface area contributed by atoms with Gasteiger partial charge in [-0.2, -0.15) is 4.39 Å². The van der Waals surface area contributed by atoms with E-state index in [9.17, 15) is 23.2 Å². The summed E-state index contributed by atoms with van der Waals surface area (Å²) in [5, 5.41) is 4.95. The van der Waals surface area contributed by atoms with Gasteiger partial charge in [0, 0.05) is 12.0 Å². The highest BCUT2D eigenvalue weighted by molar-refractivity contribution is 5.90. The quantitative estimate of drug-likeness (QED) is 0.550. The van der Waals surface area contributed by atoms with E-state index in [4.69, 9.17) is 5.73 Å². The van der Waals surface area contributed by atoms with Crippen molar-refractivity contribution in [1.29, 1.82) is 0 Å². The number of likely N-dealkylation sites (tertiary alicyclic amines) is 1. The van der Waals surface area contributed by atoms with Gasteiger partial charge in [-0.3, -0.25) is 9.59 Å². The second kappa shape index (κ2) is 10.4. The van der Waals surface area contributed by atoms with Crippen molar-refractivity contribution in [3.63, 3.8) is 0 Å². The van der Waals surface area contributed by atoms with Crippen LogP contribution < -0.4 is 16.4 Å². The summed E-state index contributed by atoms with van der Waals surface area (Å²) in [7, 11) is 0. The number of aromatic nitrogens is 1. The zero-order valence-electron chi connectivity index (χ0n) is 18.4. The first-order valence-corrected chi connectivity index (χ1v) is 10.7. The number of pyridine rings is 1. The highest BCUT2D eigenvalue weighted by atomic mass is 19.1. The van der Waals surface area contributed by atoms with Crippen LogP contribution in [0.1, 0.15) is 49.0 Å². The lowest BCUT2D eigenvalue weighted by atomic mass is 9.99. The Morgan fingerprint density at radius 1 is 1.18 bits per heavy atom. The molecular weight excluding hydrogens is 432 g/mol. The summed E-state index contributed by atoms with van der Waals surface area (Å²) >= 11 is 0. The molecule has 1 aliphatic heterocycles. The van der Waals surface area contributed by atoms with Gasteiger partial charge in [-0.25, -0.2) is 14.2 Å². The zero-order valence-corrected chi connectivity index (χ0v) is 18.4. The maximum Gasteiger partial charge on any atom is 0.312 e. The molecule has 33 heavy (non-hydrogen) atoms.